The van der Waals surface area contributed by atoms with Gasteiger partial charge in [-0.1, -0.05) is 24.3 Å². The Hall–Kier alpha value is -3.74. The van der Waals surface area contributed by atoms with Crippen LogP contribution in [-0.2, 0) is 0 Å². The molecular formula is C20H13F2N3O2. The Morgan fingerprint density at radius 1 is 0.889 bits per heavy atom. The molecule has 4 rings (SSSR count). The second-order valence-corrected chi connectivity index (χ2v) is 5.74. The number of rotatable bonds is 3. The first-order valence-electron chi connectivity index (χ1n) is 8.08. The second-order valence-electron chi connectivity index (χ2n) is 5.74. The van der Waals surface area contributed by atoms with Crippen LogP contribution in [0, 0.1) is 11.6 Å². The number of urea groups is 1. The Morgan fingerprint density at radius 2 is 1.63 bits per heavy atom. The van der Waals surface area contributed by atoms with Gasteiger partial charge in [-0.25, -0.2) is 18.6 Å². The van der Waals surface area contributed by atoms with Gasteiger partial charge >= 0.3 is 6.03 Å². The summed E-state index contributed by atoms with van der Waals surface area (Å²) in [5.74, 6) is -1.31. The largest absolute Gasteiger partial charge is 0.436 e. The number of carbonyl (C=O) groups excluding carboxylic acids is 1. The van der Waals surface area contributed by atoms with Crippen molar-refractivity contribution < 1.29 is 18.0 Å². The standard InChI is InChI=1S/C20H13F2N3O2/c21-14-7-4-8-15(22)18(14)25-20(26)23-13-6-3-5-12(11-13)19-24-16-9-1-2-10-17(16)27-19/h1-11H,(H2,23,25,26). The van der Waals surface area contributed by atoms with E-state index < -0.39 is 23.4 Å². The summed E-state index contributed by atoms with van der Waals surface area (Å²) in [6.45, 7) is 0. The fraction of sp³-hybridized carbons (Fsp3) is 0. The maximum absolute atomic E-state index is 13.6. The number of nitrogens with one attached hydrogen (secondary N) is 2. The molecule has 3 aromatic carbocycles. The highest BCUT2D eigenvalue weighted by Gasteiger charge is 2.13. The van der Waals surface area contributed by atoms with Gasteiger partial charge in [-0.2, -0.15) is 0 Å². The van der Waals surface area contributed by atoms with Gasteiger partial charge < -0.3 is 15.1 Å². The molecule has 2 amide bonds. The fourth-order valence-electron chi connectivity index (χ4n) is 2.62. The molecule has 0 fully saturated rings. The van der Waals surface area contributed by atoms with Crippen LogP contribution in [0.25, 0.3) is 22.6 Å². The van der Waals surface area contributed by atoms with Crippen molar-refractivity contribution in [3.05, 3.63) is 78.4 Å². The zero-order chi connectivity index (χ0) is 18.8. The number of benzene rings is 3. The Morgan fingerprint density at radius 3 is 2.41 bits per heavy atom. The fourth-order valence-corrected chi connectivity index (χ4v) is 2.62. The quantitative estimate of drug-likeness (QED) is 0.510. The average molecular weight is 365 g/mol. The van der Waals surface area contributed by atoms with Crippen molar-refractivity contribution in [1.82, 2.24) is 4.98 Å². The smallest absolute Gasteiger partial charge is 0.323 e. The molecule has 0 saturated heterocycles. The molecule has 0 saturated carbocycles. The zero-order valence-electron chi connectivity index (χ0n) is 13.9. The third-order valence-electron chi connectivity index (χ3n) is 3.86. The van der Waals surface area contributed by atoms with Crippen molar-refractivity contribution >= 4 is 28.5 Å². The van der Waals surface area contributed by atoms with Crippen LogP contribution >= 0.6 is 0 Å². The zero-order valence-corrected chi connectivity index (χ0v) is 13.9. The van der Waals surface area contributed by atoms with Gasteiger partial charge in [0.25, 0.3) is 0 Å². The third kappa shape index (κ3) is 3.48. The van der Waals surface area contributed by atoms with E-state index in [-0.39, 0.29) is 0 Å². The van der Waals surface area contributed by atoms with Gasteiger partial charge in [-0.3, -0.25) is 0 Å². The van der Waals surface area contributed by atoms with Crippen LogP contribution in [-0.4, -0.2) is 11.0 Å². The molecule has 2 N–H and O–H groups in total. The lowest BCUT2D eigenvalue weighted by Crippen LogP contribution is -2.20. The van der Waals surface area contributed by atoms with E-state index in [1.54, 1.807) is 24.3 Å². The van der Waals surface area contributed by atoms with Crippen molar-refractivity contribution in [3.8, 4) is 11.5 Å². The SMILES string of the molecule is O=C(Nc1cccc(-c2nc3ccccc3o2)c1)Nc1c(F)cccc1F. The van der Waals surface area contributed by atoms with Crippen LogP contribution in [0.15, 0.2) is 71.1 Å². The maximum Gasteiger partial charge on any atom is 0.323 e. The molecular weight excluding hydrogens is 352 g/mol. The molecule has 0 atom stereocenters. The van der Waals surface area contributed by atoms with E-state index in [2.05, 4.69) is 15.6 Å². The number of para-hydroxylation sites is 3. The van der Waals surface area contributed by atoms with Crippen LogP contribution < -0.4 is 10.6 Å². The van der Waals surface area contributed by atoms with Crippen molar-refractivity contribution in [2.75, 3.05) is 10.6 Å². The molecule has 1 heterocycles. The summed E-state index contributed by atoms with van der Waals surface area (Å²) >= 11 is 0. The van der Waals surface area contributed by atoms with Crippen molar-refractivity contribution in [2.24, 2.45) is 0 Å². The molecule has 0 unspecified atom stereocenters. The van der Waals surface area contributed by atoms with E-state index in [1.807, 2.05) is 24.3 Å². The number of hydrogen-bond acceptors (Lipinski definition) is 3. The van der Waals surface area contributed by atoms with Gasteiger partial charge in [0, 0.05) is 11.3 Å². The number of aromatic nitrogens is 1. The number of amides is 2. The summed E-state index contributed by atoms with van der Waals surface area (Å²) in [7, 11) is 0. The molecule has 27 heavy (non-hydrogen) atoms. The number of hydrogen-bond donors (Lipinski definition) is 2. The predicted molar refractivity (Wildman–Crippen MR) is 98.4 cm³/mol. The molecule has 7 heteroatoms. The molecule has 0 spiro atoms. The minimum absolute atomic E-state index is 0.403. The molecule has 4 aromatic rings. The monoisotopic (exact) mass is 365 g/mol. The lowest BCUT2D eigenvalue weighted by molar-refractivity contribution is 0.262. The second kappa shape index (κ2) is 6.87. The first-order valence-corrected chi connectivity index (χ1v) is 8.08. The van der Waals surface area contributed by atoms with Gasteiger partial charge in [0.1, 0.15) is 22.8 Å². The molecule has 5 nitrogen and oxygen atoms in total. The Labute approximate surface area is 152 Å². The lowest BCUT2D eigenvalue weighted by atomic mass is 10.2. The van der Waals surface area contributed by atoms with Crippen molar-refractivity contribution in [3.63, 3.8) is 0 Å². The Balaban J connectivity index is 1.55. The van der Waals surface area contributed by atoms with E-state index in [0.29, 0.717) is 22.7 Å². The Kier molecular flexibility index (Phi) is 4.25. The minimum Gasteiger partial charge on any atom is -0.436 e. The number of halogens is 2. The molecule has 1 aromatic heterocycles. The van der Waals surface area contributed by atoms with Crippen LogP contribution in [0.5, 0.6) is 0 Å². The van der Waals surface area contributed by atoms with Crippen LogP contribution in [0.2, 0.25) is 0 Å². The van der Waals surface area contributed by atoms with E-state index in [4.69, 9.17) is 4.42 Å². The van der Waals surface area contributed by atoms with Gasteiger partial charge in [0.05, 0.1) is 0 Å². The van der Waals surface area contributed by atoms with Gasteiger partial charge in [-0.05, 0) is 42.5 Å². The normalized spacial score (nSPS) is 10.7. The summed E-state index contributed by atoms with van der Waals surface area (Å²) in [6.07, 6.45) is 0. The summed E-state index contributed by atoms with van der Waals surface area (Å²) in [4.78, 5) is 16.5. The summed E-state index contributed by atoms with van der Waals surface area (Å²) in [5.41, 5.74) is 1.94. The van der Waals surface area contributed by atoms with Gasteiger partial charge in [-0.15, -0.1) is 0 Å². The number of carbonyl (C=O) groups is 1. The molecule has 0 aliphatic carbocycles. The van der Waals surface area contributed by atoms with Gasteiger partial charge in [0.2, 0.25) is 5.89 Å². The highest BCUT2D eigenvalue weighted by Crippen LogP contribution is 2.26. The van der Waals surface area contributed by atoms with Crippen LogP contribution in [0.4, 0.5) is 25.0 Å². The first kappa shape index (κ1) is 16.7. The molecule has 134 valence electrons. The van der Waals surface area contributed by atoms with E-state index in [0.717, 1.165) is 17.6 Å². The van der Waals surface area contributed by atoms with Crippen molar-refractivity contribution in [2.45, 2.75) is 0 Å². The molecule has 0 radical (unpaired) electrons. The molecule has 0 aliphatic heterocycles. The third-order valence-corrected chi connectivity index (χ3v) is 3.86. The summed E-state index contributed by atoms with van der Waals surface area (Å²) in [6, 6.07) is 16.7. The molecule has 0 bridgehead atoms. The lowest BCUT2D eigenvalue weighted by Gasteiger charge is -2.09. The first-order chi connectivity index (χ1) is 13.1. The summed E-state index contributed by atoms with van der Waals surface area (Å²) < 4.78 is 33.0. The highest BCUT2D eigenvalue weighted by molar-refractivity contribution is 6.00. The number of nitrogens with zero attached hydrogens (tertiary/aromatic N) is 1. The number of oxazole rings is 1. The summed E-state index contributed by atoms with van der Waals surface area (Å²) in [5, 5.41) is 4.70. The number of fused-ring (bicyclic) bond motifs is 1. The van der Waals surface area contributed by atoms with Gasteiger partial charge in [0.15, 0.2) is 5.58 Å². The topological polar surface area (TPSA) is 67.2 Å². The van der Waals surface area contributed by atoms with Crippen LogP contribution in [0.1, 0.15) is 0 Å². The molecule has 0 aliphatic rings. The maximum atomic E-state index is 13.6. The number of anilines is 2. The van der Waals surface area contributed by atoms with Crippen LogP contribution in [0.3, 0.4) is 0 Å². The van der Waals surface area contributed by atoms with Crippen molar-refractivity contribution in [1.29, 1.82) is 0 Å². The van der Waals surface area contributed by atoms with E-state index >= 15 is 0 Å². The Bertz CT molecular complexity index is 1090. The predicted octanol–water partition coefficient (Wildman–Crippen LogP) is 5.42. The van der Waals surface area contributed by atoms with E-state index in [9.17, 15) is 13.6 Å². The minimum atomic E-state index is -0.856. The average Bonchev–Trinajstić information content (AvgIpc) is 3.09. The highest BCUT2D eigenvalue weighted by atomic mass is 19.1. The van der Waals surface area contributed by atoms with E-state index in [1.165, 1.54) is 6.07 Å².